The standard InChI is InChI=1S/C52H48O5S2/c1-6-16-41(17-7-1)35-53-46-33-49(56-38-44-22-12-4-13-23-44)51(50(34-46)57-39-45-24-14-5-15-25-45)52(58-30-31-59-52)29-28-40-26-27-47(54-36-42-18-8-2-9-19-42)48(32-40)55-37-43-20-10-3-11-21-43/h1-27,32-34H,28-31,35-39H2. The lowest BCUT2D eigenvalue weighted by Gasteiger charge is -2.32. The van der Waals surface area contributed by atoms with Gasteiger partial charge in [-0.15, -0.1) is 23.5 Å². The number of hydrogen-bond donors (Lipinski definition) is 0. The van der Waals surface area contributed by atoms with Gasteiger partial charge in [-0.1, -0.05) is 158 Å². The molecule has 1 aliphatic heterocycles. The minimum absolute atomic E-state index is 0.344. The number of hydrogen-bond acceptors (Lipinski definition) is 7. The Morgan fingerprint density at radius 2 is 0.729 bits per heavy atom. The quantitative estimate of drug-likeness (QED) is 0.0805. The van der Waals surface area contributed by atoms with Crippen LogP contribution in [0.5, 0.6) is 28.7 Å². The van der Waals surface area contributed by atoms with Crippen molar-refractivity contribution in [1.82, 2.24) is 0 Å². The summed E-state index contributed by atoms with van der Waals surface area (Å²) in [6, 6.07) is 61.9. The molecule has 59 heavy (non-hydrogen) atoms. The van der Waals surface area contributed by atoms with Crippen molar-refractivity contribution >= 4 is 23.5 Å². The molecule has 7 aromatic carbocycles. The molecule has 0 aliphatic carbocycles. The van der Waals surface area contributed by atoms with Gasteiger partial charge in [0, 0.05) is 23.6 Å². The zero-order valence-corrected chi connectivity index (χ0v) is 34.7. The second kappa shape index (κ2) is 20.3. The Kier molecular flexibility index (Phi) is 13.8. The molecule has 0 amide bonds. The maximum Gasteiger partial charge on any atom is 0.161 e. The SMILES string of the molecule is c1ccc(COc2cc(OCc3ccccc3)c(C3(CCc4ccc(OCc5ccccc5)c(OCc5ccccc5)c4)SCCS3)c(OCc3ccccc3)c2)cc1. The summed E-state index contributed by atoms with van der Waals surface area (Å²) in [5.74, 6) is 5.77. The summed E-state index contributed by atoms with van der Waals surface area (Å²) in [6.07, 6.45) is 1.65. The van der Waals surface area contributed by atoms with E-state index in [1.807, 2.05) is 115 Å². The van der Waals surface area contributed by atoms with E-state index >= 15 is 0 Å². The van der Waals surface area contributed by atoms with Crippen LogP contribution in [0.15, 0.2) is 182 Å². The number of thioether (sulfide) groups is 2. The molecule has 0 saturated carbocycles. The van der Waals surface area contributed by atoms with Crippen LogP contribution in [0.2, 0.25) is 0 Å². The lowest BCUT2D eigenvalue weighted by Crippen LogP contribution is -2.19. The number of rotatable bonds is 19. The Hall–Kier alpha value is -5.76. The smallest absolute Gasteiger partial charge is 0.161 e. The van der Waals surface area contributed by atoms with Gasteiger partial charge in [0.25, 0.3) is 0 Å². The van der Waals surface area contributed by atoms with Gasteiger partial charge in [0.05, 0.1) is 9.64 Å². The van der Waals surface area contributed by atoms with Gasteiger partial charge in [0.2, 0.25) is 0 Å². The van der Waals surface area contributed by atoms with Gasteiger partial charge in [0.15, 0.2) is 11.5 Å². The fraction of sp³-hybridized carbons (Fsp3) is 0.192. The van der Waals surface area contributed by atoms with E-state index in [0.717, 1.165) is 80.7 Å². The van der Waals surface area contributed by atoms with Crippen LogP contribution in [0.25, 0.3) is 0 Å². The van der Waals surface area contributed by atoms with Crippen molar-refractivity contribution in [3.8, 4) is 28.7 Å². The third kappa shape index (κ3) is 11.0. The van der Waals surface area contributed by atoms with Gasteiger partial charge in [0.1, 0.15) is 50.3 Å². The van der Waals surface area contributed by atoms with E-state index in [-0.39, 0.29) is 4.08 Å². The molecule has 1 aliphatic rings. The highest BCUT2D eigenvalue weighted by Crippen LogP contribution is 2.60. The average Bonchev–Trinajstić information content (AvgIpc) is 3.79. The Morgan fingerprint density at radius 1 is 0.356 bits per heavy atom. The minimum atomic E-state index is -0.344. The van der Waals surface area contributed by atoms with Crippen molar-refractivity contribution in [2.45, 2.75) is 50.0 Å². The molecule has 1 saturated heterocycles. The van der Waals surface area contributed by atoms with E-state index < -0.39 is 0 Å². The summed E-state index contributed by atoms with van der Waals surface area (Å²) in [7, 11) is 0. The van der Waals surface area contributed by atoms with Crippen molar-refractivity contribution in [1.29, 1.82) is 0 Å². The molecule has 0 atom stereocenters. The maximum atomic E-state index is 6.85. The molecule has 298 valence electrons. The Labute approximate surface area is 356 Å². The second-order valence-corrected chi connectivity index (χ2v) is 17.4. The first-order valence-electron chi connectivity index (χ1n) is 20.1. The Balaban J connectivity index is 1.12. The molecular weight excluding hydrogens is 769 g/mol. The van der Waals surface area contributed by atoms with Crippen molar-refractivity contribution in [2.75, 3.05) is 11.5 Å². The molecular formula is C52H48O5S2. The molecule has 0 unspecified atom stereocenters. The largest absolute Gasteiger partial charge is 0.489 e. The predicted octanol–water partition coefficient (Wildman–Crippen LogP) is 12.8. The van der Waals surface area contributed by atoms with Gasteiger partial charge < -0.3 is 23.7 Å². The highest BCUT2D eigenvalue weighted by atomic mass is 32.2. The summed E-state index contributed by atoms with van der Waals surface area (Å²) < 4.78 is 32.7. The Bertz CT molecular complexity index is 2270. The lowest BCUT2D eigenvalue weighted by molar-refractivity contribution is 0.255. The third-order valence-corrected chi connectivity index (χ3v) is 13.7. The fourth-order valence-corrected chi connectivity index (χ4v) is 10.4. The van der Waals surface area contributed by atoms with Gasteiger partial charge in [-0.3, -0.25) is 0 Å². The summed E-state index contributed by atoms with van der Waals surface area (Å²) in [5.41, 5.74) is 7.73. The molecule has 0 bridgehead atoms. The summed E-state index contributed by atoms with van der Waals surface area (Å²) in [6.45, 7) is 2.19. The van der Waals surface area contributed by atoms with Crippen LogP contribution in [-0.4, -0.2) is 11.5 Å². The van der Waals surface area contributed by atoms with Crippen molar-refractivity contribution in [3.05, 3.63) is 221 Å². The molecule has 1 fully saturated rings. The lowest BCUT2D eigenvalue weighted by atomic mass is 10.00. The third-order valence-electron chi connectivity index (χ3n) is 10.1. The topological polar surface area (TPSA) is 46.2 Å². The van der Waals surface area contributed by atoms with E-state index in [1.54, 1.807) is 0 Å². The molecule has 7 heteroatoms. The highest BCUT2D eigenvalue weighted by Gasteiger charge is 2.42. The van der Waals surface area contributed by atoms with E-state index in [0.29, 0.717) is 38.8 Å². The van der Waals surface area contributed by atoms with E-state index in [2.05, 4.69) is 91.0 Å². The first-order valence-corrected chi connectivity index (χ1v) is 22.1. The zero-order chi connectivity index (χ0) is 40.0. The summed E-state index contributed by atoms with van der Waals surface area (Å²) in [5, 5.41) is 0. The van der Waals surface area contributed by atoms with Crippen LogP contribution in [-0.2, 0) is 43.5 Å². The van der Waals surface area contributed by atoms with E-state index in [4.69, 9.17) is 23.7 Å². The van der Waals surface area contributed by atoms with Gasteiger partial charge in [-0.25, -0.2) is 0 Å². The van der Waals surface area contributed by atoms with Crippen LogP contribution in [0, 0.1) is 0 Å². The van der Waals surface area contributed by atoms with Crippen LogP contribution < -0.4 is 23.7 Å². The van der Waals surface area contributed by atoms with Crippen molar-refractivity contribution < 1.29 is 23.7 Å². The molecule has 1 heterocycles. The van der Waals surface area contributed by atoms with Crippen LogP contribution >= 0.6 is 23.5 Å². The summed E-state index contributed by atoms with van der Waals surface area (Å²) >= 11 is 3.95. The number of benzene rings is 7. The van der Waals surface area contributed by atoms with Crippen LogP contribution in [0.3, 0.4) is 0 Å². The maximum absolute atomic E-state index is 6.85. The zero-order valence-electron chi connectivity index (χ0n) is 33.0. The first-order chi connectivity index (χ1) is 29.2. The molecule has 8 rings (SSSR count). The number of ether oxygens (including phenoxy) is 5. The monoisotopic (exact) mass is 816 g/mol. The molecule has 0 N–H and O–H groups in total. The van der Waals surface area contributed by atoms with Crippen LogP contribution in [0.1, 0.15) is 45.4 Å². The molecule has 0 spiro atoms. The molecule has 0 radical (unpaired) electrons. The summed E-state index contributed by atoms with van der Waals surface area (Å²) in [4.78, 5) is 0. The minimum Gasteiger partial charge on any atom is -0.489 e. The molecule has 7 aromatic rings. The molecule has 0 aromatic heterocycles. The predicted molar refractivity (Wildman–Crippen MR) is 242 cm³/mol. The Morgan fingerprint density at radius 3 is 1.15 bits per heavy atom. The van der Waals surface area contributed by atoms with Crippen molar-refractivity contribution in [3.63, 3.8) is 0 Å². The average molecular weight is 817 g/mol. The van der Waals surface area contributed by atoms with E-state index in [1.165, 1.54) is 5.56 Å². The second-order valence-electron chi connectivity index (χ2n) is 14.4. The van der Waals surface area contributed by atoms with Crippen LogP contribution in [0.4, 0.5) is 0 Å². The number of aryl methyl sites for hydroxylation is 1. The first kappa shape index (κ1) is 40.0. The highest BCUT2D eigenvalue weighted by molar-refractivity contribution is 8.20. The molecule has 5 nitrogen and oxygen atoms in total. The van der Waals surface area contributed by atoms with Crippen molar-refractivity contribution in [2.24, 2.45) is 0 Å². The van der Waals surface area contributed by atoms with Gasteiger partial charge >= 0.3 is 0 Å². The normalized spacial score (nSPS) is 13.1. The van der Waals surface area contributed by atoms with Gasteiger partial charge in [-0.2, -0.15) is 0 Å². The van der Waals surface area contributed by atoms with Gasteiger partial charge in [-0.05, 0) is 58.4 Å². The fourth-order valence-electron chi connectivity index (χ4n) is 7.05. The van der Waals surface area contributed by atoms with E-state index in [9.17, 15) is 0 Å².